The minimum absolute atomic E-state index is 0.0161. The van der Waals surface area contributed by atoms with Crippen LogP contribution in [0.15, 0.2) is 49.3 Å². The van der Waals surface area contributed by atoms with Gasteiger partial charge in [-0.25, -0.2) is 24.3 Å². The van der Waals surface area contributed by atoms with E-state index in [4.69, 9.17) is 10.7 Å². The van der Waals surface area contributed by atoms with Crippen molar-refractivity contribution in [3.05, 3.63) is 66.4 Å². The number of hydrogen-bond donors (Lipinski definition) is 3. The molecule has 4 N–H and O–H groups in total. The summed E-state index contributed by atoms with van der Waals surface area (Å²) in [5.74, 6) is -0.392. The first-order valence-corrected chi connectivity index (χ1v) is 10.2. The summed E-state index contributed by atoms with van der Waals surface area (Å²) in [6.45, 7) is 0. The highest BCUT2D eigenvalue weighted by molar-refractivity contribution is 5.90. The third kappa shape index (κ3) is 4.13. The van der Waals surface area contributed by atoms with Crippen molar-refractivity contribution in [2.45, 2.75) is 18.9 Å². The molecule has 0 bridgehead atoms. The number of fused-ring (bicyclic) bond motifs is 1. The number of aromatic amines is 1. The second-order valence-corrected chi connectivity index (χ2v) is 7.62. The maximum atomic E-state index is 13.9. The van der Waals surface area contributed by atoms with E-state index in [1.165, 1.54) is 6.20 Å². The topological polar surface area (TPSA) is 144 Å². The fraction of sp³-hybridized carbons (Fsp3) is 0.182. The molecule has 5 heterocycles. The maximum absolute atomic E-state index is 13.9. The standard InChI is InChI=1S/C22H20FN9O/c1-32-11-13(7-28-32)18-10-27-21-20(29-18)14(8-26-21)16-6-17(31-22(24)30-16)19(33)3-2-12-4-5-25-9-15(12)23/h4-11,19,33H,2-3H2,1H3,(H,26,27)(H2,24,30,31). The third-order valence-electron chi connectivity index (χ3n) is 5.31. The fourth-order valence-electron chi connectivity index (χ4n) is 3.62. The zero-order valence-corrected chi connectivity index (χ0v) is 17.6. The Hall–Kier alpha value is -4.25. The van der Waals surface area contributed by atoms with Gasteiger partial charge in [0.15, 0.2) is 5.65 Å². The van der Waals surface area contributed by atoms with E-state index in [1.54, 1.807) is 35.4 Å². The van der Waals surface area contributed by atoms with E-state index in [0.29, 0.717) is 45.8 Å². The highest BCUT2D eigenvalue weighted by Crippen LogP contribution is 2.29. The highest BCUT2D eigenvalue weighted by atomic mass is 19.1. The summed E-state index contributed by atoms with van der Waals surface area (Å²) >= 11 is 0. The Kier molecular flexibility index (Phi) is 5.23. The Balaban J connectivity index is 1.46. The molecule has 0 aromatic carbocycles. The van der Waals surface area contributed by atoms with Crippen molar-refractivity contribution in [2.75, 3.05) is 5.73 Å². The van der Waals surface area contributed by atoms with Gasteiger partial charge in [0.2, 0.25) is 5.95 Å². The highest BCUT2D eigenvalue weighted by Gasteiger charge is 2.17. The average Bonchev–Trinajstić information content (AvgIpc) is 3.43. The van der Waals surface area contributed by atoms with Crippen LogP contribution in [0.2, 0.25) is 0 Å². The number of anilines is 1. The number of aliphatic hydroxyl groups is 1. The second kappa shape index (κ2) is 8.36. The summed E-state index contributed by atoms with van der Waals surface area (Å²) in [6.07, 6.45) is 9.27. The van der Waals surface area contributed by atoms with Crippen LogP contribution in [0, 0.1) is 5.82 Å². The second-order valence-electron chi connectivity index (χ2n) is 7.62. The molecule has 0 radical (unpaired) electrons. The van der Waals surface area contributed by atoms with Gasteiger partial charge in [-0.2, -0.15) is 5.10 Å². The molecule has 0 aliphatic heterocycles. The van der Waals surface area contributed by atoms with Gasteiger partial charge in [0, 0.05) is 36.8 Å². The molecule has 0 saturated carbocycles. The maximum Gasteiger partial charge on any atom is 0.220 e. The molecule has 10 nitrogen and oxygen atoms in total. The Bertz CT molecular complexity index is 1450. The van der Waals surface area contributed by atoms with Gasteiger partial charge in [0.05, 0.1) is 41.8 Å². The first kappa shape index (κ1) is 20.6. The van der Waals surface area contributed by atoms with Crippen molar-refractivity contribution in [1.82, 2.24) is 39.7 Å². The largest absolute Gasteiger partial charge is 0.387 e. The van der Waals surface area contributed by atoms with Crippen LogP contribution >= 0.6 is 0 Å². The molecule has 5 aromatic rings. The fourth-order valence-corrected chi connectivity index (χ4v) is 3.62. The van der Waals surface area contributed by atoms with Gasteiger partial charge in [-0.1, -0.05) is 0 Å². The van der Waals surface area contributed by atoms with Gasteiger partial charge in [-0.3, -0.25) is 9.67 Å². The zero-order valence-electron chi connectivity index (χ0n) is 17.6. The van der Waals surface area contributed by atoms with E-state index >= 15 is 0 Å². The lowest BCUT2D eigenvalue weighted by atomic mass is 10.0. The molecule has 0 spiro atoms. The number of aryl methyl sites for hydroxylation is 2. The number of pyridine rings is 1. The molecule has 166 valence electrons. The van der Waals surface area contributed by atoms with Crippen molar-refractivity contribution >= 4 is 17.1 Å². The summed E-state index contributed by atoms with van der Waals surface area (Å²) in [5, 5.41) is 14.9. The van der Waals surface area contributed by atoms with Crippen molar-refractivity contribution < 1.29 is 9.50 Å². The van der Waals surface area contributed by atoms with Crippen LogP contribution in [-0.4, -0.2) is 44.8 Å². The molecule has 1 atom stereocenters. The molecular formula is C22H20FN9O. The first-order chi connectivity index (χ1) is 16.0. The van der Waals surface area contributed by atoms with Crippen LogP contribution in [-0.2, 0) is 13.5 Å². The predicted octanol–water partition coefficient (Wildman–Crippen LogP) is 2.60. The van der Waals surface area contributed by atoms with Crippen LogP contribution < -0.4 is 5.73 Å². The summed E-state index contributed by atoms with van der Waals surface area (Å²) < 4.78 is 15.5. The van der Waals surface area contributed by atoms with Gasteiger partial charge in [0.1, 0.15) is 11.3 Å². The van der Waals surface area contributed by atoms with Crippen LogP contribution in [0.5, 0.6) is 0 Å². The smallest absolute Gasteiger partial charge is 0.220 e. The van der Waals surface area contributed by atoms with Crippen molar-refractivity contribution in [1.29, 1.82) is 0 Å². The summed E-state index contributed by atoms with van der Waals surface area (Å²) in [6, 6.07) is 3.25. The average molecular weight is 445 g/mol. The molecule has 0 aliphatic rings. The molecule has 0 saturated heterocycles. The van der Waals surface area contributed by atoms with Crippen molar-refractivity contribution in [3.63, 3.8) is 0 Å². The molecule has 0 fully saturated rings. The van der Waals surface area contributed by atoms with E-state index in [2.05, 4.69) is 30.0 Å². The molecule has 0 amide bonds. The van der Waals surface area contributed by atoms with E-state index in [0.717, 1.165) is 11.8 Å². The number of nitrogens with zero attached hydrogens (tertiary/aromatic N) is 7. The van der Waals surface area contributed by atoms with E-state index in [1.807, 2.05) is 13.2 Å². The molecule has 0 aliphatic carbocycles. The Labute approximate surface area is 187 Å². The Morgan fingerprint density at radius 2 is 2.06 bits per heavy atom. The van der Waals surface area contributed by atoms with Crippen LogP contribution in [0.1, 0.15) is 23.8 Å². The van der Waals surface area contributed by atoms with Gasteiger partial charge < -0.3 is 15.8 Å². The number of aliphatic hydroxyl groups excluding tert-OH is 1. The molecule has 33 heavy (non-hydrogen) atoms. The van der Waals surface area contributed by atoms with Gasteiger partial charge in [-0.05, 0) is 30.5 Å². The van der Waals surface area contributed by atoms with Crippen molar-refractivity contribution in [2.24, 2.45) is 7.05 Å². The van der Waals surface area contributed by atoms with Gasteiger partial charge in [0.25, 0.3) is 0 Å². The Morgan fingerprint density at radius 3 is 2.85 bits per heavy atom. The number of hydrogen-bond acceptors (Lipinski definition) is 8. The number of nitrogen functional groups attached to an aromatic ring is 1. The van der Waals surface area contributed by atoms with E-state index < -0.39 is 11.9 Å². The number of nitrogens with one attached hydrogen (secondary N) is 1. The molecule has 11 heteroatoms. The van der Waals surface area contributed by atoms with E-state index in [-0.39, 0.29) is 12.4 Å². The monoisotopic (exact) mass is 445 g/mol. The number of halogens is 1. The SMILES string of the molecule is Cn1cc(-c2cnc3[nH]cc(-c4cc(C(O)CCc5ccncc5F)nc(N)n4)c3n2)cn1. The van der Waals surface area contributed by atoms with Crippen LogP contribution in [0.3, 0.4) is 0 Å². The molecule has 5 aromatic heterocycles. The van der Waals surface area contributed by atoms with Gasteiger partial charge >= 0.3 is 0 Å². The van der Waals surface area contributed by atoms with Crippen LogP contribution in [0.25, 0.3) is 33.7 Å². The summed E-state index contributed by atoms with van der Waals surface area (Å²) in [7, 11) is 1.83. The molecular weight excluding hydrogens is 425 g/mol. The number of nitrogens with two attached hydrogens (primary N) is 1. The van der Waals surface area contributed by atoms with E-state index in [9.17, 15) is 9.50 Å². The first-order valence-electron chi connectivity index (χ1n) is 10.2. The molecule has 1 unspecified atom stereocenters. The van der Waals surface area contributed by atoms with Gasteiger partial charge in [-0.15, -0.1) is 0 Å². The molecule has 5 rings (SSSR count). The lowest BCUT2D eigenvalue weighted by Gasteiger charge is -2.12. The predicted molar refractivity (Wildman–Crippen MR) is 119 cm³/mol. The van der Waals surface area contributed by atoms with Crippen LogP contribution in [0.4, 0.5) is 10.3 Å². The lowest BCUT2D eigenvalue weighted by Crippen LogP contribution is -2.07. The van der Waals surface area contributed by atoms with Crippen molar-refractivity contribution in [3.8, 4) is 22.5 Å². The quantitative estimate of drug-likeness (QED) is 0.362. The number of aromatic nitrogens is 8. The lowest BCUT2D eigenvalue weighted by molar-refractivity contribution is 0.163. The number of rotatable bonds is 6. The minimum Gasteiger partial charge on any atom is -0.387 e. The zero-order chi connectivity index (χ0) is 22.9. The minimum atomic E-state index is -0.955. The Morgan fingerprint density at radius 1 is 1.18 bits per heavy atom. The number of H-pyrrole nitrogens is 1. The normalized spacial score (nSPS) is 12.3. The summed E-state index contributed by atoms with van der Waals surface area (Å²) in [5.41, 5.74) is 10.6. The summed E-state index contributed by atoms with van der Waals surface area (Å²) in [4.78, 5) is 24.5. The third-order valence-corrected chi connectivity index (χ3v) is 5.31.